The lowest BCUT2D eigenvalue weighted by Gasteiger charge is -2.16. The Bertz CT molecular complexity index is 508. The number of esters is 1. The smallest absolute Gasteiger partial charge is 0.442 e. The van der Waals surface area contributed by atoms with E-state index in [1.54, 1.807) is 6.92 Å². The molecule has 128 valence electrons. The standard InChI is InChI=1S/C15H18F3NO3S/c1-2-22-14(21)12(8-11-6-4-3-5-7-11)9-19-13(20)10-23-15(16,17)18/h3-7,12H,2,8-10H2,1H3,(H,19,20)/t12-/m1/s1. The third-order valence-electron chi connectivity index (χ3n) is 2.86. The summed E-state index contributed by atoms with van der Waals surface area (Å²) in [5.41, 5.74) is -3.58. The number of benzene rings is 1. The fourth-order valence-corrected chi connectivity index (χ4v) is 2.23. The van der Waals surface area contributed by atoms with Gasteiger partial charge >= 0.3 is 11.5 Å². The van der Waals surface area contributed by atoms with Crippen LogP contribution in [0.15, 0.2) is 30.3 Å². The average Bonchev–Trinajstić information content (AvgIpc) is 2.50. The fraction of sp³-hybridized carbons (Fsp3) is 0.467. The van der Waals surface area contributed by atoms with Crippen molar-refractivity contribution in [3.63, 3.8) is 0 Å². The van der Waals surface area contributed by atoms with Crippen LogP contribution in [0.25, 0.3) is 0 Å². The van der Waals surface area contributed by atoms with E-state index >= 15 is 0 Å². The number of alkyl halides is 3. The van der Waals surface area contributed by atoms with E-state index in [0.717, 1.165) is 5.56 Å². The van der Waals surface area contributed by atoms with Gasteiger partial charge in [-0.15, -0.1) is 0 Å². The second kappa shape index (κ2) is 9.44. The number of halogens is 3. The van der Waals surface area contributed by atoms with E-state index in [9.17, 15) is 22.8 Å². The van der Waals surface area contributed by atoms with Crippen molar-refractivity contribution < 1.29 is 27.5 Å². The van der Waals surface area contributed by atoms with Crippen LogP contribution in [0.2, 0.25) is 0 Å². The first-order valence-corrected chi connectivity index (χ1v) is 7.98. The lowest BCUT2D eigenvalue weighted by molar-refractivity contribution is -0.147. The maximum Gasteiger partial charge on any atom is 0.442 e. The molecule has 1 N–H and O–H groups in total. The summed E-state index contributed by atoms with van der Waals surface area (Å²) in [5, 5.41) is 2.35. The minimum atomic E-state index is -4.46. The van der Waals surface area contributed by atoms with Gasteiger partial charge in [-0.25, -0.2) is 0 Å². The molecule has 0 unspecified atom stereocenters. The Morgan fingerprint density at radius 3 is 2.48 bits per heavy atom. The highest BCUT2D eigenvalue weighted by Crippen LogP contribution is 2.29. The van der Waals surface area contributed by atoms with Gasteiger partial charge in [0.05, 0.1) is 18.3 Å². The molecule has 1 rings (SSSR count). The Labute approximate surface area is 136 Å². The summed E-state index contributed by atoms with van der Waals surface area (Å²) in [4.78, 5) is 23.4. The molecule has 1 amide bonds. The van der Waals surface area contributed by atoms with Gasteiger partial charge in [0.25, 0.3) is 0 Å². The van der Waals surface area contributed by atoms with Crippen LogP contribution >= 0.6 is 11.8 Å². The molecular weight excluding hydrogens is 331 g/mol. The van der Waals surface area contributed by atoms with Crippen LogP contribution in [0.3, 0.4) is 0 Å². The Kier molecular flexibility index (Phi) is 7.94. The van der Waals surface area contributed by atoms with Gasteiger partial charge in [0.15, 0.2) is 0 Å². The third-order valence-corrected chi connectivity index (χ3v) is 3.59. The average molecular weight is 349 g/mol. The van der Waals surface area contributed by atoms with E-state index in [-0.39, 0.29) is 13.2 Å². The summed E-state index contributed by atoms with van der Waals surface area (Å²) in [5.74, 6) is -2.63. The zero-order valence-corrected chi connectivity index (χ0v) is 13.4. The van der Waals surface area contributed by atoms with Gasteiger partial charge in [-0.3, -0.25) is 9.59 Å². The second-order valence-electron chi connectivity index (χ2n) is 4.68. The number of hydrogen-bond donors (Lipinski definition) is 1. The lowest BCUT2D eigenvalue weighted by atomic mass is 9.99. The van der Waals surface area contributed by atoms with Crippen molar-refractivity contribution in [1.29, 1.82) is 0 Å². The topological polar surface area (TPSA) is 55.4 Å². The van der Waals surface area contributed by atoms with Gasteiger partial charge < -0.3 is 10.1 Å². The van der Waals surface area contributed by atoms with Crippen LogP contribution in [0, 0.1) is 5.92 Å². The van der Waals surface area contributed by atoms with Crippen molar-refractivity contribution in [2.75, 3.05) is 18.9 Å². The van der Waals surface area contributed by atoms with Gasteiger partial charge in [-0.2, -0.15) is 13.2 Å². The van der Waals surface area contributed by atoms with Crippen LogP contribution in [0.1, 0.15) is 12.5 Å². The predicted octanol–water partition coefficient (Wildman–Crippen LogP) is 2.78. The first-order valence-electron chi connectivity index (χ1n) is 6.99. The Morgan fingerprint density at radius 2 is 1.91 bits per heavy atom. The Morgan fingerprint density at radius 1 is 1.26 bits per heavy atom. The van der Waals surface area contributed by atoms with E-state index in [0.29, 0.717) is 6.42 Å². The highest BCUT2D eigenvalue weighted by Gasteiger charge is 2.29. The number of rotatable bonds is 8. The van der Waals surface area contributed by atoms with Crippen molar-refractivity contribution >= 4 is 23.6 Å². The zero-order chi connectivity index (χ0) is 17.3. The van der Waals surface area contributed by atoms with Crippen LogP contribution in [0.5, 0.6) is 0 Å². The molecule has 4 nitrogen and oxygen atoms in total. The molecule has 8 heteroatoms. The van der Waals surface area contributed by atoms with Crippen LogP contribution in [0.4, 0.5) is 13.2 Å². The zero-order valence-electron chi connectivity index (χ0n) is 12.6. The molecule has 0 radical (unpaired) electrons. The molecule has 23 heavy (non-hydrogen) atoms. The van der Waals surface area contributed by atoms with Gasteiger partial charge in [-0.05, 0) is 30.7 Å². The van der Waals surface area contributed by atoms with Gasteiger partial charge in [0, 0.05) is 6.54 Å². The van der Waals surface area contributed by atoms with Crippen molar-refractivity contribution in [1.82, 2.24) is 5.32 Å². The minimum Gasteiger partial charge on any atom is -0.466 e. The molecule has 0 aliphatic heterocycles. The number of hydrogen-bond acceptors (Lipinski definition) is 4. The fourth-order valence-electron chi connectivity index (χ4n) is 1.83. The highest BCUT2D eigenvalue weighted by atomic mass is 32.2. The molecule has 0 fully saturated rings. The normalized spacial score (nSPS) is 12.5. The number of nitrogens with one attached hydrogen (secondary N) is 1. The molecule has 0 bridgehead atoms. The van der Waals surface area contributed by atoms with Crippen molar-refractivity contribution in [3.05, 3.63) is 35.9 Å². The Balaban J connectivity index is 2.56. The van der Waals surface area contributed by atoms with Crippen molar-refractivity contribution in [3.8, 4) is 0 Å². The van der Waals surface area contributed by atoms with E-state index in [2.05, 4.69) is 5.32 Å². The summed E-state index contributed by atoms with van der Waals surface area (Å²) in [7, 11) is 0. The number of ether oxygens (including phenoxy) is 1. The summed E-state index contributed by atoms with van der Waals surface area (Å²) < 4.78 is 41.1. The van der Waals surface area contributed by atoms with Crippen LogP contribution in [-0.4, -0.2) is 36.3 Å². The Hall–Kier alpha value is -1.70. The molecule has 1 aromatic rings. The molecule has 0 aromatic heterocycles. The largest absolute Gasteiger partial charge is 0.466 e. The van der Waals surface area contributed by atoms with Gasteiger partial charge in [-0.1, -0.05) is 30.3 Å². The lowest BCUT2D eigenvalue weighted by Crippen LogP contribution is -2.36. The third kappa shape index (κ3) is 8.49. The summed E-state index contributed by atoms with van der Waals surface area (Å²) in [6.45, 7) is 1.79. The summed E-state index contributed by atoms with van der Waals surface area (Å²) in [6, 6.07) is 9.12. The number of amides is 1. The minimum absolute atomic E-state index is 0.0645. The maximum absolute atomic E-state index is 12.0. The van der Waals surface area contributed by atoms with Crippen LogP contribution in [-0.2, 0) is 20.7 Å². The second-order valence-corrected chi connectivity index (χ2v) is 5.72. The quantitative estimate of drug-likeness (QED) is 0.734. The van der Waals surface area contributed by atoms with E-state index < -0.39 is 40.8 Å². The first-order chi connectivity index (χ1) is 10.8. The molecule has 0 spiro atoms. The summed E-state index contributed by atoms with van der Waals surface area (Å²) >= 11 is -0.412. The molecule has 0 heterocycles. The van der Waals surface area contributed by atoms with Crippen LogP contribution < -0.4 is 5.32 Å². The number of carbonyl (C=O) groups is 2. The first kappa shape index (κ1) is 19.3. The van der Waals surface area contributed by atoms with Gasteiger partial charge in [0.1, 0.15) is 0 Å². The maximum atomic E-state index is 12.0. The molecular formula is C15H18F3NO3S. The monoisotopic (exact) mass is 349 g/mol. The number of thioether (sulfide) groups is 1. The molecule has 0 aliphatic rings. The predicted molar refractivity (Wildman–Crippen MR) is 81.8 cm³/mol. The highest BCUT2D eigenvalue weighted by molar-refractivity contribution is 8.00. The molecule has 0 saturated carbocycles. The number of carbonyl (C=O) groups excluding carboxylic acids is 2. The molecule has 1 aromatic carbocycles. The van der Waals surface area contributed by atoms with E-state index in [1.165, 1.54) is 0 Å². The van der Waals surface area contributed by atoms with E-state index in [1.807, 2.05) is 30.3 Å². The van der Waals surface area contributed by atoms with Crippen molar-refractivity contribution in [2.24, 2.45) is 5.92 Å². The summed E-state index contributed by atoms with van der Waals surface area (Å²) in [6.07, 6.45) is 0.340. The molecule has 1 atom stereocenters. The van der Waals surface area contributed by atoms with Gasteiger partial charge in [0.2, 0.25) is 5.91 Å². The molecule has 0 aliphatic carbocycles. The SMILES string of the molecule is CCOC(=O)[C@@H](CNC(=O)CSC(F)(F)F)Cc1ccccc1. The van der Waals surface area contributed by atoms with Crippen molar-refractivity contribution in [2.45, 2.75) is 18.9 Å². The van der Waals surface area contributed by atoms with E-state index in [4.69, 9.17) is 4.74 Å². The molecule has 0 saturated heterocycles.